The first-order valence-corrected chi connectivity index (χ1v) is 7.72. The zero-order chi connectivity index (χ0) is 14.9. The number of aryl methyl sites for hydroxylation is 2. The van der Waals surface area contributed by atoms with Crippen molar-refractivity contribution in [2.75, 3.05) is 11.6 Å². The van der Waals surface area contributed by atoms with Gasteiger partial charge in [-0.3, -0.25) is 4.79 Å². The monoisotopic (exact) mass is 294 g/mol. The molecule has 0 saturated heterocycles. The van der Waals surface area contributed by atoms with Crippen molar-refractivity contribution in [1.29, 1.82) is 0 Å². The second kappa shape index (κ2) is 5.09. The molecule has 0 aliphatic heterocycles. The summed E-state index contributed by atoms with van der Waals surface area (Å²) in [6.45, 7) is 3.42. The Kier molecular flexibility index (Phi) is 3.63. The van der Waals surface area contributed by atoms with Gasteiger partial charge in [0.2, 0.25) is 0 Å². The fourth-order valence-electron chi connectivity index (χ4n) is 1.70. The van der Waals surface area contributed by atoms with Crippen molar-refractivity contribution in [3.05, 3.63) is 41.3 Å². The van der Waals surface area contributed by atoms with Crippen LogP contribution in [0.4, 0.5) is 5.69 Å². The Labute approximate surface area is 116 Å². The number of rotatable bonds is 3. The van der Waals surface area contributed by atoms with E-state index in [1.807, 2.05) is 0 Å². The third kappa shape index (κ3) is 2.88. The fraction of sp³-hybridized carbons (Fsp3) is 0.231. The molecule has 0 aliphatic rings. The third-order valence-corrected chi connectivity index (χ3v) is 3.95. The lowest BCUT2D eigenvalue weighted by Gasteiger charge is -2.05. The smallest absolute Gasteiger partial charge is 0.255 e. The van der Waals surface area contributed by atoms with Gasteiger partial charge in [-0.15, -0.1) is 0 Å². The molecule has 0 radical (unpaired) electrons. The average Bonchev–Trinajstić information content (AvgIpc) is 2.69. The SMILES string of the molecule is Cc1noc(C)c1NC(=O)c1ccc(S(C)(=O)=O)cc1. The molecule has 1 amide bonds. The molecule has 2 rings (SSSR count). The molecule has 1 aromatic heterocycles. The second-order valence-electron chi connectivity index (χ2n) is 4.45. The van der Waals surface area contributed by atoms with Crippen molar-refractivity contribution in [1.82, 2.24) is 5.16 Å². The number of amides is 1. The van der Waals surface area contributed by atoms with E-state index in [1.54, 1.807) is 13.8 Å². The molecule has 0 saturated carbocycles. The first-order chi connectivity index (χ1) is 9.29. The summed E-state index contributed by atoms with van der Waals surface area (Å²) in [5, 5.41) is 6.43. The van der Waals surface area contributed by atoms with Crippen LogP contribution in [0, 0.1) is 13.8 Å². The van der Waals surface area contributed by atoms with Gasteiger partial charge in [-0.1, -0.05) is 5.16 Å². The van der Waals surface area contributed by atoms with Gasteiger partial charge in [-0.05, 0) is 38.1 Å². The van der Waals surface area contributed by atoms with Crippen molar-refractivity contribution >= 4 is 21.4 Å². The molecule has 1 heterocycles. The van der Waals surface area contributed by atoms with Crippen LogP contribution in [0.1, 0.15) is 21.8 Å². The van der Waals surface area contributed by atoms with Crippen molar-refractivity contribution in [3.63, 3.8) is 0 Å². The van der Waals surface area contributed by atoms with Gasteiger partial charge in [0.15, 0.2) is 15.6 Å². The molecule has 0 spiro atoms. The van der Waals surface area contributed by atoms with Crippen molar-refractivity contribution in [2.24, 2.45) is 0 Å². The van der Waals surface area contributed by atoms with Gasteiger partial charge in [-0.2, -0.15) is 0 Å². The zero-order valence-corrected chi connectivity index (χ0v) is 12.1. The van der Waals surface area contributed by atoms with Crippen LogP contribution in [0.5, 0.6) is 0 Å². The molecule has 20 heavy (non-hydrogen) atoms. The predicted octanol–water partition coefficient (Wildman–Crippen LogP) is 1.95. The molecule has 6 nitrogen and oxygen atoms in total. The molecule has 106 valence electrons. The molecule has 0 fully saturated rings. The highest BCUT2D eigenvalue weighted by Gasteiger charge is 2.14. The van der Waals surface area contributed by atoms with E-state index in [4.69, 9.17) is 4.52 Å². The highest BCUT2D eigenvalue weighted by Crippen LogP contribution is 2.20. The van der Waals surface area contributed by atoms with Crippen LogP contribution in [-0.4, -0.2) is 25.7 Å². The summed E-state index contributed by atoms with van der Waals surface area (Å²) >= 11 is 0. The van der Waals surface area contributed by atoms with Crippen LogP contribution in [0.3, 0.4) is 0 Å². The Morgan fingerprint density at radius 3 is 2.25 bits per heavy atom. The van der Waals surface area contributed by atoms with Crippen LogP contribution in [0.25, 0.3) is 0 Å². The summed E-state index contributed by atoms with van der Waals surface area (Å²) in [4.78, 5) is 12.2. The summed E-state index contributed by atoms with van der Waals surface area (Å²) in [6, 6.07) is 5.73. The molecule has 0 atom stereocenters. The lowest BCUT2D eigenvalue weighted by molar-refractivity contribution is 0.102. The number of aromatic nitrogens is 1. The van der Waals surface area contributed by atoms with E-state index in [9.17, 15) is 13.2 Å². The molecule has 0 bridgehead atoms. The topological polar surface area (TPSA) is 89.3 Å². The Hall–Kier alpha value is -2.15. The molecular weight excluding hydrogens is 280 g/mol. The van der Waals surface area contributed by atoms with E-state index < -0.39 is 9.84 Å². The van der Waals surface area contributed by atoms with Crippen LogP contribution < -0.4 is 5.32 Å². The largest absolute Gasteiger partial charge is 0.359 e. The Balaban J connectivity index is 2.22. The van der Waals surface area contributed by atoms with Crippen LogP contribution >= 0.6 is 0 Å². The molecule has 2 aromatic rings. The number of nitrogens with zero attached hydrogens (tertiary/aromatic N) is 1. The minimum Gasteiger partial charge on any atom is -0.359 e. The number of sulfone groups is 1. The average molecular weight is 294 g/mol. The lowest BCUT2D eigenvalue weighted by atomic mass is 10.2. The molecule has 0 aliphatic carbocycles. The maximum Gasteiger partial charge on any atom is 0.255 e. The van der Waals surface area contributed by atoms with Crippen molar-refractivity contribution in [2.45, 2.75) is 18.7 Å². The summed E-state index contributed by atoms with van der Waals surface area (Å²) in [7, 11) is -3.27. The van der Waals surface area contributed by atoms with Gasteiger partial charge < -0.3 is 9.84 Å². The quantitative estimate of drug-likeness (QED) is 0.934. The Morgan fingerprint density at radius 2 is 1.80 bits per heavy atom. The Bertz CT molecular complexity index is 726. The van der Waals surface area contributed by atoms with Gasteiger partial charge >= 0.3 is 0 Å². The molecule has 1 N–H and O–H groups in total. The van der Waals surface area contributed by atoms with E-state index in [2.05, 4.69) is 10.5 Å². The first kappa shape index (κ1) is 14.3. The Morgan fingerprint density at radius 1 is 1.20 bits per heavy atom. The van der Waals surface area contributed by atoms with Crippen LogP contribution in [0.2, 0.25) is 0 Å². The lowest BCUT2D eigenvalue weighted by Crippen LogP contribution is -2.13. The number of carbonyl (C=O) groups is 1. The number of benzene rings is 1. The number of carbonyl (C=O) groups excluding carboxylic acids is 1. The van der Waals surface area contributed by atoms with Gasteiger partial charge in [0.25, 0.3) is 5.91 Å². The minimum atomic E-state index is -3.27. The summed E-state index contributed by atoms with van der Waals surface area (Å²) in [5.74, 6) is 0.169. The minimum absolute atomic E-state index is 0.173. The van der Waals surface area contributed by atoms with Crippen LogP contribution in [-0.2, 0) is 9.84 Å². The molecular formula is C13H14N2O4S. The zero-order valence-electron chi connectivity index (χ0n) is 11.3. The maximum absolute atomic E-state index is 12.0. The van der Waals surface area contributed by atoms with E-state index >= 15 is 0 Å². The predicted molar refractivity (Wildman–Crippen MR) is 73.5 cm³/mol. The maximum atomic E-state index is 12.0. The van der Waals surface area contributed by atoms with Gasteiger partial charge in [0, 0.05) is 11.8 Å². The number of hydrogen-bond acceptors (Lipinski definition) is 5. The molecule has 0 unspecified atom stereocenters. The number of anilines is 1. The highest BCUT2D eigenvalue weighted by molar-refractivity contribution is 7.90. The second-order valence-corrected chi connectivity index (χ2v) is 6.47. The van der Waals surface area contributed by atoms with Gasteiger partial charge in [0.05, 0.1) is 4.90 Å². The molecule has 1 aromatic carbocycles. The van der Waals surface area contributed by atoms with E-state index in [0.29, 0.717) is 22.7 Å². The van der Waals surface area contributed by atoms with Gasteiger partial charge in [0.1, 0.15) is 11.4 Å². The highest BCUT2D eigenvalue weighted by atomic mass is 32.2. The fourth-order valence-corrected chi connectivity index (χ4v) is 2.33. The van der Waals surface area contributed by atoms with Crippen molar-refractivity contribution < 1.29 is 17.7 Å². The first-order valence-electron chi connectivity index (χ1n) is 5.83. The summed E-state index contributed by atoms with van der Waals surface area (Å²) in [6.07, 6.45) is 1.12. The molecule has 7 heteroatoms. The standard InChI is InChI=1S/C13H14N2O4S/c1-8-12(9(2)19-15-8)14-13(16)10-4-6-11(7-5-10)20(3,17)18/h4-7H,1-3H3,(H,14,16). The van der Waals surface area contributed by atoms with Crippen LogP contribution in [0.15, 0.2) is 33.7 Å². The summed E-state index contributed by atoms with van der Waals surface area (Å²) in [5.41, 5.74) is 1.48. The van der Waals surface area contributed by atoms with E-state index in [1.165, 1.54) is 24.3 Å². The summed E-state index contributed by atoms with van der Waals surface area (Å²) < 4.78 is 27.6. The van der Waals surface area contributed by atoms with E-state index in [0.717, 1.165) is 6.26 Å². The number of nitrogens with one attached hydrogen (secondary N) is 1. The van der Waals surface area contributed by atoms with Gasteiger partial charge in [-0.25, -0.2) is 8.42 Å². The normalized spacial score (nSPS) is 11.3. The van der Waals surface area contributed by atoms with Crippen molar-refractivity contribution in [3.8, 4) is 0 Å². The third-order valence-electron chi connectivity index (χ3n) is 2.82. The number of hydrogen-bond donors (Lipinski definition) is 1. The van der Waals surface area contributed by atoms with E-state index in [-0.39, 0.29) is 10.8 Å².